The van der Waals surface area contributed by atoms with Gasteiger partial charge in [0.25, 0.3) is 0 Å². The highest BCUT2D eigenvalue weighted by Gasteiger charge is 2.01. The minimum Gasteiger partial charge on any atom is -0.280 e. The number of aromatic nitrogens is 4. The normalized spacial score (nSPS) is 10.3. The summed E-state index contributed by atoms with van der Waals surface area (Å²) in [6.07, 6.45) is 1.73. The number of nitrogens with zero attached hydrogens (tertiary/aromatic N) is 4. The maximum atomic E-state index is 11.1. The molecule has 84 valence electrons. The van der Waals surface area contributed by atoms with Gasteiger partial charge in [0.15, 0.2) is 11.5 Å². The molecule has 2 heterocycles. The van der Waals surface area contributed by atoms with Crippen molar-refractivity contribution >= 4 is 29.0 Å². The van der Waals surface area contributed by atoms with Crippen LogP contribution in [0, 0.1) is 0 Å². The zero-order valence-corrected chi connectivity index (χ0v) is 8.98. The van der Waals surface area contributed by atoms with Crippen molar-refractivity contribution in [1.29, 1.82) is 0 Å². The van der Waals surface area contributed by atoms with E-state index in [1.807, 2.05) is 0 Å². The van der Waals surface area contributed by atoms with Crippen molar-refractivity contribution in [2.24, 2.45) is 0 Å². The Kier molecular flexibility index (Phi) is 3.16. The van der Waals surface area contributed by atoms with Crippen LogP contribution in [-0.4, -0.2) is 31.6 Å². The molecule has 0 spiro atoms. The van der Waals surface area contributed by atoms with E-state index in [-0.39, 0.29) is 18.2 Å². The Balaban J connectivity index is 2.01. The molecule has 2 rings (SSSR count). The first-order valence-corrected chi connectivity index (χ1v) is 5.11. The first-order valence-electron chi connectivity index (χ1n) is 4.57. The Bertz CT molecular complexity index is 498. The summed E-state index contributed by atoms with van der Waals surface area (Å²) in [5, 5.41) is 11.6. The van der Waals surface area contributed by atoms with Crippen molar-refractivity contribution in [3.63, 3.8) is 0 Å². The number of hydrogen-bond donors (Lipinski definition) is 2. The molecular formula is C8H9ClN6O. The van der Waals surface area contributed by atoms with E-state index in [0.717, 1.165) is 0 Å². The summed E-state index contributed by atoms with van der Waals surface area (Å²) < 4.78 is 1.50. The van der Waals surface area contributed by atoms with Gasteiger partial charge in [-0.25, -0.2) is 0 Å². The molecule has 7 nitrogen and oxygen atoms in total. The van der Waals surface area contributed by atoms with Crippen LogP contribution in [0.15, 0.2) is 18.5 Å². The topological polar surface area (TPSA) is 84.2 Å². The van der Waals surface area contributed by atoms with Crippen LogP contribution in [0.5, 0.6) is 0 Å². The minimum absolute atomic E-state index is 0.194. The fourth-order valence-electron chi connectivity index (χ4n) is 1.08. The maximum Gasteiger partial charge on any atom is 0.239 e. The summed E-state index contributed by atoms with van der Waals surface area (Å²) in [5.74, 6) is 0.585. The first kappa shape index (κ1) is 10.6. The second-order valence-corrected chi connectivity index (χ2v) is 3.34. The number of anilines is 1. The predicted molar refractivity (Wildman–Crippen MR) is 57.9 cm³/mol. The van der Waals surface area contributed by atoms with Gasteiger partial charge in [-0.3, -0.25) is 15.6 Å². The molecule has 0 radical (unpaired) electrons. The second-order valence-electron chi connectivity index (χ2n) is 2.96. The zero-order valence-electron chi connectivity index (χ0n) is 8.22. The van der Waals surface area contributed by atoms with Gasteiger partial charge in [-0.05, 0) is 12.1 Å². The van der Waals surface area contributed by atoms with Gasteiger partial charge < -0.3 is 0 Å². The largest absolute Gasteiger partial charge is 0.280 e. The van der Waals surface area contributed by atoms with Gasteiger partial charge >= 0.3 is 0 Å². The standard InChI is InChI=1S/C8H9ClN6O/c9-4-3-8(16)13-11-6-1-2-7-12-10-5-15(7)14-6/h1-2,5H,3-4H2,(H,11,14)(H,13,16). The SMILES string of the molecule is O=C(CCCl)NNc1ccc2nncn2n1. The molecule has 0 atom stereocenters. The van der Waals surface area contributed by atoms with Gasteiger partial charge in [0.1, 0.15) is 6.33 Å². The summed E-state index contributed by atoms with van der Waals surface area (Å²) in [4.78, 5) is 11.1. The Morgan fingerprint density at radius 3 is 3.19 bits per heavy atom. The van der Waals surface area contributed by atoms with Crippen LogP contribution >= 0.6 is 11.6 Å². The summed E-state index contributed by atoms with van der Waals surface area (Å²) in [5.41, 5.74) is 5.77. The van der Waals surface area contributed by atoms with Crippen molar-refractivity contribution in [2.45, 2.75) is 6.42 Å². The van der Waals surface area contributed by atoms with E-state index in [1.165, 1.54) is 10.8 Å². The number of nitrogens with one attached hydrogen (secondary N) is 2. The summed E-state index contributed by atoms with van der Waals surface area (Å²) in [6.45, 7) is 0. The van der Waals surface area contributed by atoms with Crippen LogP contribution in [0.3, 0.4) is 0 Å². The number of rotatable bonds is 4. The summed E-state index contributed by atoms with van der Waals surface area (Å²) >= 11 is 5.42. The number of hydrogen-bond acceptors (Lipinski definition) is 5. The molecule has 0 bridgehead atoms. The number of carbonyl (C=O) groups is 1. The lowest BCUT2D eigenvalue weighted by Crippen LogP contribution is -2.30. The highest BCUT2D eigenvalue weighted by atomic mass is 35.5. The molecule has 16 heavy (non-hydrogen) atoms. The van der Waals surface area contributed by atoms with E-state index in [2.05, 4.69) is 26.1 Å². The van der Waals surface area contributed by atoms with E-state index in [9.17, 15) is 4.79 Å². The number of fused-ring (bicyclic) bond motifs is 1. The third-order valence-electron chi connectivity index (χ3n) is 1.81. The summed E-state index contributed by atoms with van der Waals surface area (Å²) in [6, 6.07) is 3.42. The molecule has 8 heteroatoms. The molecule has 2 aromatic rings. The second kappa shape index (κ2) is 4.75. The van der Waals surface area contributed by atoms with Crippen molar-refractivity contribution in [2.75, 3.05) is 11.3 Å². The van der Waals surface area contributed by atoms with Crippen LogP contribution in [0.2, 0.25) is 0 Å². The monoisotopic (exact) mass is 240 g/mol. The van der Waals surface area contributed by atoms with Gasteiger partial charge in [-0.1, -0.05) is 0 Å². The van der Waals surface area contributed by atoms with Gasteiger partial charge in [0, 0.05) is 12.3 Å². The lowest BCUT2D eigenvalue weighted by molar-refractivity contribution is -0.120. The Morgan fingerprint density at radius 2 is 2.38 bits per heavy atom. The van der Waals surface area contributed by atoms with E-state index < -0.39 is 0 Å². The average Bonchev–Trinajstić information content (AvgIpc) is 2.74. The van der Waals surface area contributed by atoms with E-state index in [4.69, 9.17) is 11.6 Å². The molecule has 0 aliphatic carbocycles. The predicted octanol–water partition coefficient (Wildman–Crippen LogP) is 0.196. The smallest absolute Gasteiger partial charge is 0.239 e. The fraction of sp³-hybridized carbons (Fsp3) is 0.250. The number of hydrazine groups is 1. The van der Waals surface area contributed by atoms with Gasteiger partial charge in [0.2, 0.25) is 5.91 Å². The lowest BCUT2D eigenvalue weighted by atomic mass is 10.5. The van der Waals surface area contributed by atoms with E-state index in [1.54, 1.807) is 12.1 Å². The third kappa shape index (κ3) is 2.37. The van der Waals surface area contributed by atoms with Crippen molar-refractivity contribution in [3.05, 3.63) is 18.5 Å². The Labute approximate surface area is 95.8 Å². The number of alkyl halides is 1. The van der Waals surface area contributed by atoms with Gasteiger partial charge in [0.05, 0.1) is 0 Å². The van der Waals surface area contributed by atoms with Crippen LogP contribution in [0.4, 0.5) is 5.82 Å². The molecule has 1 amide bonds. The molecule has 0 unspecified atom stereocenters. The van der Waals surface area contributed by atoms with Crippen molar-refractivity contribution in [1.82, 2.24) is 25.2 Å². The average molecular weight is 241 g/mol. The minimum atomic E-state index is -0.194. The highest BCUT2D eigenvalue weighted by Crippen LogP contribution is 2.02. The third-order valence-corrected chi connectivity index (χ3v) is 2.00. The molecular weight excluding hydrogens is 232 g/mol. The first-order chi connectivity index (χ1) is 7.79. The van der Waals surface area contributed by atoms with Crippen LogP contribution in [0.25, 0.3) is 5.65 Å². The number of halogens is 1. The molecule has 2 N–H and O–H groups in total. The molecule has 0 aliphatic rings. The molecule has 2 aromatic heterocycles. The van der Waals surface area contributed by atoms with E-state index >= 15 is 0 Å². The summed E-state index contributed by atoms with van der Waals surface area (Å²) in [7, 11) is 0. The van der Waals surface area contributed by atoms with Gasteiger partial charge in [-0.2, -0.15) is 4.52 Å². The van der Waals surface area contributed by atoms with Crippen molar-refractivity contribution < 1.29 is 4.79 Å². The van der Waals surface area contributed by atoms with Crippen LogP contribution in [-0.2, 0) is 4.79 Å². The Morgan fingerprint density at radius 1 is 1.50 bits per heavy atom. The fourth-order valence-corrected chi connectivity index (χ4v) is 1.25. The van der Waals surface area contributed by atoms with E-state index in [0.29, 0.717) is 11.5 Å². The zero-order chi connectivity index (χ0) is 11.4. The molecule has 0 fully saturated rings. The number of carbonyl (C=O) groups excluding carboxylic acids is 1. The number of amides is 1. The molecule has 0 saturated heterocycles. The molecule has 0 aromatic carbocycles. The van der Waals surface area contributed by atoms with Gasteiger partial charge in [-0.15, -0.1) is 26.9 Å². The maximum absolute atomic E-state index is 11.1. The van der Waals surface area contributed by atoms with Crippen LogP contribution in [0.1, 0.15) is 6.42 Å². The quantitative estimate of drug-likeness (QED) is 0.589. The van der Waals surface area contributed by atoms with Crippen LogP contribution < -0.4 is 10.9 Å². The van der Waals surface area contributed by atoms with Crippen molar-refractivity contribution in [3.8, 4) is 0 Å². The molecule has 0 saturated carbocycles. The Hall–Kier alpha value is -1.89. The highest BCUT2D eigenvalue weighted by molar-refractivity contribution is 6.18. The molecule has 0 aliphatic heterocycles. The lowest BCUT2D eigenvalue weighted by Gasteiger charge is -2.06.